The molecule has 0 spiro atoms. The lowest BCUT2D eigenvalue weighted by atomic mass is 9.94. The Kier molecular flexibility index (Phi) is 7.86. The summed E-state index contributed by atoms with van der Waals surface area (Å²) in [5.41, 5.74) is -1.77. The molecular weight excluding hydrogens is 449 g/mol. The zero-order chi connectivity index (χ0) is 24.9. The van der Waals surface area contributed by atoms with Gasteiger partial charge in [-0.15, -0.1) is 0 Å². The van der Waals surface area contributed by atoms with Crippen LogP contribution in [0.4, 0.5) is 13.2 Å². The Morgan fingerprint density at radius 3 is 2.29 bits per heavy atom. The number of alkyl halides is 3. The average Bonchev–Trinajstić information content (AvgIpc) is 3.19. The summed E-state index contributed by atoms with van der Waals surface area (Å²) in [4.78, 5) is 13.1. The highest BCUT2D eigenvalue weighted by atomic mass is 19.4. The second-order valence-corrected chi connectivity index (χ2v) is 8.26. The number of nitrogens with zero attached hydrogens (tertiary/aromatic N) is 2. The van der Waals surface area contributed by atoms with Crippen LogP contribution in [0.25, 0.3) is 0 Å². The van der Waals surface area contributed by atoms with Crippen molar-refractivity contribution < 1.29 is 32.5 Å². The van der Waals surface area contributed by atoms with Gasteiger partial charge < -0.3 is 14.6 Å². The van der Waals surface area contributed by atoms with Crippen molar-refractivity contribution in [1.82, 2.24) is 5.01 Å². The van der Waals surface area contributed by atoms with E-state index in [4.69, 9.17) is 9.47 Å². The Morgan fingerprint density at radius 2 is 1.71 bits per heavy atom. The molecule has 0 bridgehead atoms. The maximum atomic E-state index is 13.5. The number of benzene rings is 2. The van der Waals surface area contributed by atoms with Gasteiger partial charge in [-0.3, -0.25) is 4.79 Å². The molecule has 0 unspecified atom stereocenters. The van der Waals surface area contributed by atoms with Crippen molar-refractivity contribution >= 4 is 11.6 Å². The molecule has 1 atom stereocenters. The third-order valence-corrected chi connectivity index (χ3v) is 5.84. The molecule has 1 N–H and O–H groups in total. The van der Waals surface area contributed by atoms with E-state index in [0.29, 0.717) is 22.1 Å². The van der Waals surface area contributed by atoms with Crippen molar-refractivity contribution in [2.24, 2.45) is 5.10 Å². The molecule has 1 aliphatic heterocycles. The second kappa shape index (κ2) is 10.5. The molecular formula is C25H29F3N2O4. The van der Waals surface area contributed by atoms with E-state index >= 15 is 0 Å². The third kappa shape index (κ3) is 5.52. The Morgan fingerprint density at radius 1 is 1.06 bits per heavy atom. The summed E-state index contributed by atoms with van der Waals surface area (Å²) in [5.74, 6) is 0.0522. The van der Waals surface area contributed by atoms with Crippen LogP contribution < -0.4 is 9.47 Å². The van der Waals surface area contributed by atoms with Crippen LogP contribution in [0, 0.1) is 0 Å². The number of methoxy groups -OCH3 is 2. The highest BCUT2D eigenvalue weighted by Crippen LogP contribution is 2.40. The second-order valence-electron chi connectivity index (χ2n) is 8.26. The number of hydrazone groups is 1. The summed E-state index contributed by atoms with van der Waals surface area (Å²) in [6, 6.07) is 11.4. The lowest BCUT2D eigenvalue weighted by Crippen LogP contribution is -2.44. The molecule has 9 heteroatoms. The van der Waals surface area contributed by atoms with Gasteiger partial charge in [0.2, 0.25) is 5.91 Å². The molecule has 2 aromatic rings. The van der Waals surface area contributed by atoms with Crippen LogP contribution in [-0.4, -0.2) is 42.1 Å². The molecule has 34 heavy (non-hydrogen) atoms. The predicted molar refractivity (Wildman–Crippen MR) is 122 cm³/mol. The van der Waals surface area contributed by atoms with E-state index in [2.05, 4.69) is 12.0 Å². The molecule has 0 saturated carbocycles. The van der Waals surface area contributed by atoms with Gasteiger partial charge in [0.1, 0.15) is 5.71 Å². The highest BCUT2D eigenvalue weighted by molar-refractivity contribution is 5.95. The van der Waals surface area contributed by atoms with Gasteiger partial charge in [-0.25, -0.2) is 0 Å². The first-order valence-corrected chi connectivity index (χ1v) is 11.1. The predicted octanol–water partition coefficient (Wildman–Crippen LogP) is 4.97. The van der Waals surface area contributed by atoms with Crippen molar-refractivity contribution in [2.45, 2.75) is 57.3 Å². The van der Waals surface area contributed by atoms with E-state index in [9.17, 15) is 23.1 Å². The normalized spacial score (nSPS) is 18.1. The van der Waals surface area contributed by atoms with Crippen LogP contribution in [0.15, 0.2) is 47.6 Å². The zero-order valence-electron chi connectivity index (χ0n) is 19.5. The SMILES string of the molecule is CCCCCc1ccc([C@@]2(O)CC(C(F)(F)F)=NN2C(=O)Cc2ccc(OC)c(OC)c2)cc1. The minimum Gasteiger partial charge on any atom is -0.493 e. The molecule has 1 heterocycles. The van der Waals surface area contributed by atoms with E-state index in [1.165, 1.54) is 14.2 Å². The number of ether oxygens (including phenoxy) is 2. The summed E-state index contributed by atoms with van der Waals surface area (Å²) in [5, 5.41) is 15.4. The Hall–Kier alpha value is -3.07. The summed E-state index contributed by atoms with van der Waals surface area (Å²) >= 11 is 0. The number of unbranched alkanes of at least 4 members (excludes halogenated alkanes) is 2. The molecule has 3 rings (SSSR count). The van der Waals surface area contributed by atoms with Crippen molar-refractivity contribution in [3.63, 3.8) is 0 Å². The topological polar surface area (TPSA) is 71.4 Å². The van der Waals surface area contributed by atoms with E-state index in [-0.39, 0.29) is 12.0 Å². The third-order valence-electron chi connectivity index (χ3n) is 5.84. The van der Waals surface area contributed by atoms with Gasteiger partial charge in [-0.05, 0) is 36.1 Å². The van der Waals surface area contributed by atoms with Gasteiger partial charge >= 0.3 is 6.18 Å². The fourth-order valence-electron chi connectivity index (χ4n) is 3.95. The summed E-state index contributed by atoms with van der Waals surface area (Å²) in [7, 11) is 2.91. The molecule has 6 nitrogen and oxygen atoms in total. The smallest absolute Gasteiger partial charge is 0.431 e. The van der Waals surface area contributed by atoms with Gasteiger partial charge in [-0.1, -0.05) is 50.1 Å². The van der Waals surface area contributed by atoms with Crippen LogP contribution in [0.5, 0.6) is 11.5 Å². The quantitative estimate of drug-likeness (QED) is 0.517. The Labute approximate surface area is 197 Å². The molecule has 1 amide bonds. The zero-order valence-corrected chi connectivity index (χ0v) is 19.5. The van der Waals surface area contributed by atoms with Gasteiger partial charge in [0.05, 0.1) is 27.1 Å². The maximum Gasteiger partial charge on any atom is 0.431 e. The van der Waals surface area contributed by atoms with Crippen LogP contribution >= 0.6 is 0 Å². The summed E-state index contributed by atoms with van der Waals surface area (Å²) in [6.07, 6.45) is -1.92. The Bertz CT molecular complexity index is 1040. The maximum absolute atomic E-state index is 13.5. The molecule has 0 aliphatic carbocycles. The van der Waals surface area contributed by atoms with Crippen molar-refractivity contribution in [1.29, 1.82) is 0 Å². The first-order chi connectivity index (χ1) is 16.1. The number of hydrogen-bond donors (Lipinski definition) is 1. The van der Waals surface area contributed by atoms with Crippen molar-refractivity contribution in [2.75, 3.05) is 14.2 Å². The monoisotopic (exact) mass is 478 g/mol. The molecule has 2 aromatic carbocycles. The number of carbonyl (C=O) groups excluding carboxylic acids is 1. The average molecular weight is 479 g/mol. The van der Waals surface area contributed by atoms with E-state index in [1.807, 2.05) is 0 Å². The minimum absolute atomic E-state index is 0.176. The van der Waals surface area contributed by atoms with Crippen LogP contribution in [0.2, 0.25) is 0 Å². The van der Waals surface area contributed by atoms with Crippen LogP contribution in [0.1, 0.15) is 49.3 Å². The number of rotatable bonds is 9. The van der Waals surface area contributed by atoms with Gasteiger partial charge in [0.15, 0.2) is 17.2 Å². The molecule has 0 fully saturated rings. The van der Waals surface area contributed by atoms with E-state index in [0.717, 1.165) is 31.2 Å². The van der Waals surface area contributed by atoms with E-state index < -0.39 is 29.9 Å². The highest BCUT2D eigenvalue weighted by Gasteiger charge is 2.52. The first-order valence-electron chi connectivity index (χ1n) is 11.1. The minimum atomic E-state index is -4.77. The van der Waals surface area contributed by atoms with Gasteiger partial charge in [0, 0.05) is 5.56 Å². The molecule has 0 aromatic heterocycles. The van der Waals surface area contributed by atoms with E-state index in [1.54, 1.807) is 42.5 Å². The number of aryl methyl sites for hydroxylation is 1. The van der Waals surface area contributed by atoms with Crippen molar-refractivity contribution in [3.05, 3.63) is 59.2 Å². The lowest BCUT2D eigenvalue weighted by Gasteiger charge is -2.31. The lowest BCUT2D eigenvalue weighted by molar-refractivity contribution is -0.157. The molecule has 184 valence electrons. The summed E-state index contributed by atoms with van der Waals surface area (Å²) < 4.78 is 50.9. The number of hydrogen-bond acceptors (Lipinski definition) is 5. The van der Waals surface area contributed by atoms with Gasteiger partial charge in [0.25, 0.3) is 0 Å². The van der Waals surface area contributed by atoms with Crippen LogP contribution in [-0.2, 0) is 23.4 Å². The molecule has 0 saturated heterocycles. The molecule has 0 radical (unpaired) electrons. The number of amides is 1. The largest absolute Gasteiger partial charge is 0.493 e. The number of aliphatic hydroxyl groups is 1. The number of carbonyl (C=O) groups is 1. The summed E-state index contributed by atoms with van der Waals surface area (Å²) in [6.45, 7) is 2.10. The van der Waals surface area contributed by atoms with Crippen molar-refractivity contribution in [3.8, 4) is 11.5 Å². The van der Waals surface area contributed by atoms with Crippen LogP contribution in [0.3, 0.4) is 0 Å². The number of halogens is 3. The molecule has 1 aliphatic rings. The Balaban J connectivity index is 1.88. The first kappa shape index (κ1) is 25.6. The van der Waals surface area contributed by atoms with Gasteiger partial charge in [-0.2, -0.15) is 23.3 Å². The fourth-order valence-corrected chi connectivity index (χ4v) is 3.95. The standard InChI is InChI=1S/C25H29F3N2O4/c1-4-5-6-7-17-8-11-19(12-9-17)24(32)16-22(25(26,27)28)29-30(24)23(31)15-18-10-13-20(33-2)21(14-18)34-3/h8-14,32H,4-7,15-16H2,1-3H3/t24-/m0/s1. The fraction of sp³-hybridized carbons (Fsp3) is 0.440.